The van der Waals surface area contributed by atoms with Gasteiger partial charge in [-0.1, -0.05) is 31.5 Å². The van der Waals surface area contributed by atoms with Gasteiger partial charge in [0.1, 0.15) is 5.75 Å². The summed E-state index contributed by atoms with van der Waals surface area (Å²) < 4.78 is 5.39. The number of nitrogens with one attached hydrogen (secondary N) is 1. The number of carbonyl (C=O) groups is 1. The van der Waals surface area contributed by atoms with Crippen molar-refractivity contribution in [2.75, 3.05) is 13.2 Å². The minimum atomic E-state index is -0.339. The van der Waals surface area contributed by atoms with Crippen LogP contribution in [0.5, 0.6) is 5.75 Å². The van der Waals surface area contributed by atoms with Crippen LogP contribution in [-0.2, 0) is 4.79 Å². The van der Waals surface area contributed by atoms with E-state index >= 15 is 0 Å². The van der Waals surface area contributed by atoms with E-state index in [0.29, 0.717) is 17.3 Å². The van der Waals surface area contributed by atoms with E-state index < -0.39 is 0 Å². The van der Waals surface area contributed by atoms with E-state index in [1.807, 2.05) is 13.8 Å². The quantitative estimate of drug-likeness (QED) is 0.808. The van der Waals surface area contributed by atoms with Gasteiger partial charge in [0, 0.05) is 11.6 Å². The summed E-state index contributed by atoms with van der Waals surface area (Å²) in [6.07, 6.45) is 1.59. The van der Waals surface area contributed by atoms with Gasteiger partial charge in [-0.05, 0) is 31.0 Å². The highest BCUT2D eigenvalue weighted by atomic mass is 35.5. The van der Waals surface area contributed by atoms with E-state index in [9.17, 15) is 4.79 Å². The molecule has 1 aromatic carbocycles. The molecule has 0 aliphatic heterocycles. The molecule has 0 saturated heterocycles. The zero-order chi connectivity index (χ0) is 14.3. The van der Waals surface area contributed by atoms with Gasteiger partial charge in [-0.2, -0.15) is 0 Å². The zero-order valence-electron chi connectivity index (χ0n) is 11.4. The molecular formula is C14H21ClN2O2. The molecule has 0 radical (unpaired) electrons. The molecule has 5 heteroatoms. The number of hydrogen-bond donors (Lipinski definition) is 2. The van der Waals surface area contributed by atoms with Crippen molar-refractivity contribution in [1.29, 1.82) is 0 Å². The molecule has 0 aliphatic rings. The highest BCUT2D eigenvalue weighted by molar-refractivity contribution is 6.30. The number of amides is 1. The Hall–Kier alpha value is -1.26. The maximum absolute atomic E-state index is 11.9. The van der Waals surface area contributed by atoms with Crippen molar-refractivity contribution in [3.63, 3.8) is 0 Å². The Labute approximate surface area is 119 Å². The molecule has 0 saturated carbocycles. The Kier molecular flexibility index (Phi) is 6.12. The third kappa shape index (κ3) is 4.73. The first-order valence-electron chi connectivity index (χ1n) is 6.44. The van der Waals surface area contributed by atoms with Crippen LogP contribution in [0, 0.1) is 0 Å². The molecule has 0 fully saturated rings. The lowest BCUT2D eigenvalue weighted by atomic mass is 9.93. The summed E-state index contributed by atoms with van der Waals surface area (Å²) >= 11 is 5.84. The summed E-state index contributed by atoms with van der Waals surface area (Å²) in [6, 6.07) is 6.96. The van der Waals surface area contributed by atoms with Gasteiger partial charge in [-0.15, -0.1) is 0 Å². The molecule has 0 spiro atoms. The fourth-order valence-corrected chi connectivity index (χ4v) is 1.98. The predicted octanol–water partition coefficient (Wildman–Crippen LogP) is 2.35. The van der Waals surface area contributed by atoms with E-state index in [1.54, 1.807) is 24.3 Å². The molecule has 0 bridgehead atoms. The van der Waals surface area contributed by atoms with Gasteiger partial charge in [0.2, 0.25) is 0 Å². The van der Waals surface area contributed by atoms with Crippen molar-refractivity contribution < 1.29 is 9.53 Å². The van der Waals surface area contributed by atoms with Crippen LogP contribution < -0.4 is 15.8 Å². The van der Waals surface area contributed by atoms with Crippen LogP contribution in [0.4, 0.5) is 0 Å². The Morgan fingerprint density at radius 3 is 2.63 bits per heavy atom. The van der Waals surface area contributed by atoms with Crippen molar-refractivity contribution in [2.45, 2.75) is 32.2 Å². The topological polar surface area (TPSA) is 64.3 Å². The molecule has 1 rings (SSSR count). The summed E-state index contributed by atoms with van der Waals surface area (Å²) in [5.41, 5.74) is 5.39. The third-order valence-electron chi connectivity index (χ3n) is 3.31. The van der Waals surface area contributed by atoms with Crippen molar-refractivity contribution in [3.8, 4) is 5.75 Å². The second-order valence-electron chi connectivity index (χ2n) is 4.49. The van der Waals surface area contributed by atoms with Crippen molar-refractivity contribution in [2.24, 2.45) is 5.73 Å². The number of nitrogens with two attached hydrogens (primary N) is 1. The lowest BCUT2D eigenvalue weighted by molar-refractivity contribution is -0.125. The Balaban J connectivity index is 2.52. The van der Waals surface area contributed by atoms with Crippen molar-refractivity contribution in [1.82, 2.24) is 5.32 Å². The Bertz CT molecular complexity index is 411. The van der Waals surface area contributed by atoms with E-state index in [0.717, 1.165) is 12.8 Å². The van der Waals surface area contributed by atoms with Gasteiger partial charge in [-0.25, -0.2) is 0 Å². The minimum absolute atomic E-state index is 0.0396. The minimum Gasteiger partial charge on any atom is -0.484 e. The van der Waals surface area contributed by atoms with E-state index in [2.05, 4.69) is 5.32 Å². The van der Waals surface area contributed by atoms with Crippen LogP contribution in [0.2, 0.25) is 5.02 Å². The molecule has 1 aromatic rings. The first-order valence-corrected chi connectivity index (χ1v) is 6.82. The number of benzene rings is 1. The van der Waals surface area contributed by atoms with Crippen molar-refractivity contribution in [3.05, 3.63) is 29.3 Å². The molecule has 0 atom stereocenters. The molecule has 19 heavy (non-hydrogen) atoms. The highest BCUT2D eigenvalue weighted by Crippen LogP contribution is 2.17. The molecule has 0 aliphatic carbocycles. The normalized spacial score (nSPS) is 11.2. The summed E-state index contributed by atoms with van der Waals surface area (Å²) in [5, 5.41) is 3.52. The van der Waals surface area contributed by atoms with Gasteiger partial charge < -0.3 is 15.8 Å². The standard InChI is InChI=1S/C14H21ClN2O2/c1-3-14(4-2,10-16)17-13(18)9-19-12-7-5-6-11(15)8-12/h5-8H,3-4,9-10,16H2,1-2H3,(H,17,18). The molecule has 0 unspecified atom stereocenters. The largest absolute Gasteiger partial charge is 0.484 e. The summed E-state index contributed by atoms with van der Waals surface area (Å²) in [5.74, 6) is 0.406. The summed E-state index contributed by atoms with van der Waals surface area (Å²) in [7, 11) is 0. The second-order valence-corrected chi connectivity index (χ2v) is 4.92. The Morgan fingerprint density at radius 2 is 2.11 bits per heavy atom. The number of carbonyl (C=O) groups excluding carboxylic acids is 1. The maximum atomic E-state index is 11.9. The van der Waals surface area contributed by atoms with E-state index in [4.69, 9.17) is 22.1 Å². The average Bonchev–Trinajstić information content (AvgIpc) is 2.43. The average molecular weight is 285 g/mol. The molecule has 3 N–H and O–H groups in total. The van der Waals surface area contributed by atoms with Gasteiger partial charge in [-0.3, -0.25) is 4.79 Å². The van der Waals surface area contributed by atoms with Gasteiger partial charge >= 0.3 is 0 Å². The van der Waals surface area contributed by atoms with Gasteiger partial charge in [0.05, 0.1) is 5.54 Å². The first kappa shape index (κ1) is 15.8. The second kappa shape index (κ2) is 7.36. The monoisotopic (exact) mass is 284 g/mol. The third-order valence-corrected chi connectivity index (χ3v) is 3.55. The number of hydrogen-bond acceptors (Lipinski definition) is 3. The lowest BCUT2D eigenvalue weighted by Crippen LogP contribution is -2.54. The highest BCUT2D eigenvalue weighted by Gasteiger charge is 2.26. The van der Waals surface area contributed by atoms with Gasteiger partial charge in [0.15, 0.2) is 6.61 Å². The SMILES string of the molecule is CCC(CC)(CN)NC(=O)COc1cccc(Cl)c1. The van der Waals surface area contributed by atoms with Crippen molar-refractivity contribution >= 4 is 17.5 Å². The molecule has 0 heterocycles. The number of ether oxygens (including phenoxy) is 1. The lowest BCUT2D eigenvalue weighted by Gasteiger charge is -2.31. The molecule has 106 valence electrons. The van der Waals surface area contributed by atoms with Crippen LogP contribution in [0.1, 0.15) is 26.7 Å². The fourth-order valence-electron chi connectivity index (χ4n) is 1.80. The fraction of sp³-hybridized carbons (Fsp3) is 0.500. The van der Waals surface area contributed by atoms with Crippen LogP contribution in [0.3, 0.4) is 0 Å². The molecule has 0 aromatic heterocycles. The molecule has 4 nitrogen and oxygen atoms in total. The maximum Gasteiger partial charge on any atom is 0.258 e. The number of halogens is 1. The number of rotatable bonds is 7. The predicted molar refractivity (Wildman–Crippen MR) is 77.5 cm³/mol. The first-order chi connectivity index (χ1) is 9.05. The van der Waals surface area contributed by atoms with Crippen LogP contribution in [0.25, 0.3) is 0 Å². The summed E-state index contributed by atoms with van der Waals surface area (Å²) in [6.45, 7) is 4.40. The molecule has 1 amide bonds. The van der Waals surface area contributed by atoms with Crippen LogP contribution in [-0.4, -0.2) is 24.6 Å². The van der Waals surface area contributed by atoms with E-state index in [-0.39, 0.29) is 18.1 Å². The summed E-state index contributed by atoms with van der Waals surface area (Å²) in [4.78, 5) is 11.9. The van der Waals surface area contributed by atoms with Gasteiger partial charge in [0.25, 0.3) is 5.91 Å². The smallest absolute Gasteiger partial charge is 0.258 e. The zero-order valence-corrected chi connectivity index (χ0v) is 12.2. The Morgan fingerprint density at radius 1 is 1.42 bits per heavy atom. The van der Waals surface area contributed by atoms with E-state index in [1.165, 1.54) is 0 Å². The van der Waals surface area contributed by atoms with Crippen LogP contribution in [0.15, 0.2) is 24.3 Å². The van der Waals surface area contributed by atoms with Crippen LogP contribution >= 0.6 is 11.6 Å². The molecular weight excluding hydrogens is 264 g/mol.